The van der Waals surface area contributed by atoms with E-state index in [-0.39, 0.29) is 24.2 Å². The maximum Gasteiger partial charge on any atom is 0.243 e. The van der Waals surface area contributed by atoms with Crippen LogP contribution < -0.4 is 15.5 Å². The number of pyridine rings is 1. The normalized spacial score (nSPS) is 25.6. The first kappa shape index (κ1) is 17.4. The second kappa shape index (κ2) is 7.30. The van der Waals surface area contributed by atoms with Crippen molar-refractivity contribution in [1.82, 2.24) is 15.3 Å². The van der Waals surface area contributed by atoms with Gasteiger partial charge in [0.2, 0.25) is 5.91 Å². The SMILES string of the molecule is C[C@@H]1CN(c2cccc(-c3csc(NC(=O)[C@@H]4CCN4)n3)n2)C[C@H](C)O1. The molecule has 2 fully saturated rings. The highest BCUT2D eigenvalue weighted by atomic mass is 32.1. The molecule has 0 aromatic carbocycles. The van der Waals surface area contributed by atoms with Gasteiger partial charge in [-0.25, -0.2) is 9.97 Å². The van der Waals surface area contributed by atoms with Gasteiger partial charge in [-0.15, -0.1) is 11.3 Å². The van der Waals surface area contributed by atoms with Gasteiger partial charge in [0, 0.05) is 18.5 Å². The average molecular weight is 373 g/mol. The number of rotatable bonds is 4. The molecular weight excluding hydrogens is 350 g/mol. The predicted octanol–water partition coefficient (Wildman–Crippen LogP) is 2.12. The molecule has 2 saturated heterocycles. The van der Waals surface area contributed by atoms with E-state index in [1.54, 1.807) is 0 Å². The fourth-order valence-electron chi connectivity index (χ4n) is 3.26. The number of amides is 1. The van der Waals surface area contributed by atoms with E-state index in [4.69, 9.17) is 9.72 Å². The van der Waals surface area contributed by atoms with Crippen LogP contribution in [0.3, 0.4) is 0 Å². The minimum absolute atomic E-state index is 0.0184. The van der Waals surface area contributed by atoms with Crippen molar-refractivity contribution < 1.29 is 9.53 Å². The Bertz CT molecular complexity index is 781. The molecular formula is C18H23N5O2S. The minimum Gasteiger partial charge on any atom is -0.372 e. The Kier molecular flexibility index (Phi) is 4.88. The first-order chi connectivity index (χ1) is 12.6. The molecule has 138 valence electrons. The van der Waals surface area contributed by atoms with Crippen LogP contribution in [0.1, 0.15) is 20.3 Å². The van der Waals surface area contributed by atoms with Crippen molar-refractivity contribution in [2.24, 2.45) is 0 Å². The third kappa shape index (κ3) is 3.72. The Morgan fingerprint density at radius 1 is 1.27 bits per heavy atom. The van der Waals surface area contributed by atoms with Gasteiger partial charge in [-0.3, -0.25) is 4.79 Å². The standard InChI is InChI=1S/C18H23N5O2S/c1-11-8-23(9-12(2)25-11)16-5-3-4-13(20-16)15-10-26-18(21-15)22-17(24)14-6-7-19-14/h3-5,10-12,14,19H,6-9H2,1-2H3,(H,21,22,24)/t11-,12+,14-/m0/s1. The number of aromatic nitrogens is 2. The second-order valence-electron chi connectivity index (χ2n) is 6.87. The Hall–Kier alpha value is -2.03. The molecule has 2 aliphatic heterocycles. The van der Waals surface area contributed by atoms with E-state index in [9.17, 15) is 4.79 Å². The van der Waals surface area contributed by atoms with Crippen molar-refractivity contribution in [3.05, 3.63) is 23.6 Å². The molecule has 2 N–H and O–H groups in total. The molecule has 4 heterocycles. The molecule has 0 radical (unpaired) electrons. The summed E-state index contributed by atoms with van der Waals surface area (Å²) in [7, 11) is 0. The molecule has 7 nitrogen and oxygen atoms in total. The van der Waals surface area contributed by atoms with E-state index in [0.29, 0.717) is 5.13 Å². The fourth-order valence-corrected chi connectivity index (χ4v) is 3.97. The van der Waals surface area contributed by atoms with Crippen molar-refractivity contribution in [3.8, 4) is 11.4 Å². The summed E-state index contributed by atoms with van der Waals surface area (Å²) in [6, 6.07) is 5.88. The Balaban J connectivity index is 1.49. The molecule has 0 spiro atoms. The van der Waals surface area contributed by atoms with Crippen LogP contribution in [0.2, 0.25) is 0 Å². The van der Waals surface area contributed by atoms with Crippen LogP contribution in [-0.4, -0.2) is 53.8 Å². The Morgan fingerprint density at radius 3 is 2.73 bits per heavy atom. The number of anilines is 2. The highest BCUT2D eigenvalue weighted by molar-refractivity contribution is 7.14. The van der Waals surface area contributed by atoms with E-state index in [1.165, 1.54) is 11.3 Å². The highest BCUT2D eigenvalue weighted by Gasteiger charge is 2.25. The average Bonchev–Trinajstić information content (AvgIpc) is 3.01. The Labute approximate surface area is 156 Å². The van der Waals surface area contributed by atoms with E-state index in [1.807, 2.05) is 23.6 Å². The van der Waals surface area contributed by atoms with Gasteiger partial charge in [-0.2, -0.15) is 0 Å². The van der Waals surface area contributed by atoms with Crippen LogP contribution in [0, 0.1) is 0 Å². The molecule has 8 heteroatoms. The van der Waals surface area contributed by atoms with E-state index < -0.39 is 0 Å². The van der Waals surface area contributed by atoms with Gasteiger partial charge in [0.25, 0.3) is 0 Å². The number of hydrogen-bond donors (Lipinski definition) is 2. The summed E-state index contributed by atoms with van der Waals surface area (Å²) in [6.45, 7) is 6.72. The summed E-state index contributed by atoms with van der Waals surface area (Å²) in [5.74, 6) is 0.914. The summed E-state index contributed by atoms with van der Waals surface area (Å²) >= 11 is 1.42. The third-order valence-corrected chi connectivity index (χ3v) is 5.37. The van der Waals surface area contributed by atoms with Crippen molar-refractivity contribution >= 4 is 28.2 Å². The second-order valence-corrected chi connectivity index (χ2v) is 7.72. The van der Waals surface area contributed by atoms with Gasteiger partial charge >= 0.3 is 0 Å². The number of carbonyl (C=O) groups excluding carboxylic acids is 1. The van der Waals surface area contributed by atoms with Crippen LogP contribution >= 0.6 is 11.3 Å². The highest BCUT2D eigenvalue weighted by Crippen LogP contribution is 2.26. The molecule has 3 atom stereocenters. The monoisotopic (exact) mass is 373 g/mol. The summed E-state index contributed by atoms with van der Waals surface area (Å²) in [5.41, 5.74) is 1.59. The van der Waals surface area contributed by atoms with Crippen LogP contribution in [0.25, 0.3) is 11.4 Å². The molecule has 2 aromatic heterocycles. The zero-order valence-electron chi connectivity index (χ0n) is 14.9. The maximum atomic E-state index is 12.0. The first-order valence-electron chi connectivity index (χ1n) is 8.96. The zero-order valence-corrected chi connectivity index (χ0v) is 15.8. The number of nitrogens with zero attached hydrogens (tertiary/aromatic N) is 3. The predicted molar refractivity (Wildman–Crippen MR) is 103 cm³/mol. The topological polar surface area (TPSA) is 79.4 Å². The molecule has 1 amide bonds. The summed E-state index contributed by atoms with van der Waals surface area (Å²) in [6.07, 6.45) is 1.25. The first-order valence-corrected chi connectivity index (χ1v) is 9.84. The minimum atomic E-state index is -0.0888. The zero-order chi connectivity index (χ0) is 18.1. The smallest absolute Gasteiger partial charge is 0.243 e. The van der Waals surface area contributed by atoms with Gasteiger partial charge in [0.15, 0.2) is 5.13 Å². The number of ether oxygens (including phenoxy) is 1. The quantitative estimate of drug-likeness (QED) is 0.855. The Morgan fingerprint density at radius 2 is 2.04 bits per heavy atom. The largest absolute Gasteiger partial charge is 0.372 e. The molecule has 2 aliphatic rings. The lowest BCUT2D eigenvalue weighted by Gasteiger charge is -2.36. The van der Waals surface area contributed by atoms with Crippen LogP contribution in [0.4, 0.5) is 10.9 Å². The lowest BCUT2D eigenvalue weighted by molar-refractivity contribution is -0.119. The number of carbonyl (C=O) groups is 1. The summed E-state index contributed by atoms with van der Waals surface area (Å²) in [4.78, 5) is 23.6. The number of hydrogen-bond acceptors (Lipinski definition) is 7. The molecule has 26 heavy (non-hydrogen) atoms. The molecule has 0 saturated carbocycles. The molecule has 2 aromatic rings. The lowest BCUT2D eigenvalue weighted by atomic mass is 10.1. The number of nitrogens with one attached hydrogen (secondary N) is 2. The van der Waals surface area contributed by atoms with Gasteiger partial charge in [-0.05, 0) is 38.9 Å². The van der Waals surface area contributed by atoms with Gasteiger partial charge < -0.3 is 20.3 Å². The number of thiazole rings is 1. The number of morpholine rings is 1. The van der Waals surface area contributed by atoms with E-state index in [2.05, 4.69) is 34.4 Å². The van der Waals surface area contributed by atoms with Gasteiger partial charge in [-0.1, -0.05) is 6.07 Å². The molecule has 0 unspecified atom stereocenters. The summed E-state index contributed by atoms with van der Waals surface area (Å²) < 4.78 is 5.80. The third-order valence-electron chi connectivity index (χ3n) is 4.61. The molecule has 0 aliphatic carbocycles. The van der Waals surface area contributed by atoms with E-state index in [0.717, 1.165) is 43.3 Å². The maximum absolute atomic E-state index is 12.0. The van der Waals surface area contributed by atoms with Gasteiger partial charge in [0.05, 0.1) is 23.9 Å². The fraction of sp³-hybridized carbons (Fsp3) is 0.500. The van der Waals surface area contributed by atoms with Crippen LogP contribution in [-0.2, 0) is 9.53 Å². The lowest BCUT2D eigenvalue weighted by Crippen LogP contribution is -2.50. The van der Waals surface area contributed by atoms with Crippen molar-refractivity contribution in [2.45, 2.75) is 38.5 Å². The summed E-state index contributed by atoms with van der Waals surface area (Å²) in [5, 5.41) is 8.51. The van der Waals surface area contributed by atoms with Crippen molar-refractivity contribution in [3.63, 3.8) is 0 Å². The molecule has 4 rings (SSSR count). The van der Waals surface area contributed by atoms with Crippen molar-refractivity contribution in [1.29, 1.82) is 0 Å². The van der Waals surface area contributed by atoms with Crippen LogP contribution in [0.15, 0.2) is 23.6 Å². The molecule has 0 bridgehead atoms. The van der Waals surface area contributed by atoms with Crippen molar-refractivity contribution in [2.75, 3.05) is 29.9 Å². The van der Waals surface area contributed by atoms with Crippen LogP contribution in [0.5, 0.6) is 0 Å². The van der Waals surface area contributed by atoms with Gasteiger partial charge in [0.1, 0.15) is 11.5 Å². The van der Waals surface area contributed by atoms with E-state index >= 15 is 0 Å².